The number of aryl methyl sites for hydroxylation is 1. The van der Waals surface area contributed by atoms with E-state index in [9.17, 15) is 5.11 Å². The molecule has 0 amide bonds. The lowest BCUT2D eigenvalue weighted by molar-refractivity contribution is 0.110. The van der Waals surface area contributed by atoms with Gasteiger partial charge in [0.05, 0.1) is 0 Å². The molecule has 0 aliphatic carbocycles. The molecule has 0 radical (unpaired) electrons. The Morgan fingerprint density at radius 1 is 1.25 bits per heavy atom. The Kier molecular flexibility index (Phi) is 3.59. The molecule has 2 aromatic rings. The first kappa shape index (κ1) is 11.2. The summed E-state index contributed by atoms with van der Waals surface area (Å²) >= 11 is 1.56. The summed E-state index contributed by atoms with van der Waals surface area (Å²) in [4.78, 5) is 0.982. The Morgan fingerprint density at radius 3 is 2.62 bits per heavy atom. The summed E-state index contributed by atoms with van der Waals surface area (Å²) in [6.45, 7) is 2.29. The fraction of sp³-hybridized carbons (Fsp3) is 0.231. The van der Waals surface area contributed by atoms with Gasteiger partial charge < -0.3 is 9.84 Å². The van der Waals surface area contributed by atoms with Crippen LogP contribution in [0.25, 0.3) is 0 Å². The van der Waals surface area contributed by atoms with Crippen molar-refractivity contribution in [1.82, 2.24) is 0 Å². The predicted molar refractivity (Wildman–Crippen MR) is 66.0 cm³/mol. The SMILES string of the molecule is Cc1ccsc1C(O)COc1ccccc1. The summed E-state index contributed by atoms with van der Waals surface area (Å²) < 4.78 is 5.50. The van der Waals surface area contributed by atoms with Crippen molar-refractivity contribution >= 4 is 11.3 Å². The molecule has 1 unspecified atom stereocenters. The molecule has 1 aromatic carbocycles. The summed E-state index contributed by atoms with van der Waals surface area (Å²) in [7, 11) is 0. The second kappa shape index (κ2) is 5.14. The standard InChI is InChI=1S/C13H14O2S/c1-10-7-8-16-13(10)12(14)9-15-11-5-3-2-4-6-11/h2-8,12,14H,9H2,1H3. The molecule has 0 bridgehead atoms. The number of benzene rings is 1. The summed E-state index contributed by atoms with van der Waals surface area (Å²) in [6.07, 6.45) is -0.541. The average molecular weight is 234 g/mol. The Hall–Kier alpha value is -1.32. The first-order chi connectivity index (χ1) is 7.77. The van der Waals surface area contributed by atoms with Crippen LogP contribution in [0.1, 0.15) is 16.5 Å². The van der Waals surface area contributed by atoms with Gasteiger partial charge in [-0.1, -0.05) is 18.2 Å². The van der Waals surface area contributed by atoms with Crippen LogP contribution in [0.3, 0.4) is 0 Å². The van der Waals surface area contributed by atoms with Crippen LogP contribution in [0.15, 0.2) is 41.8 Å². The van der Waals surface area contributed by atoms with Gasteiger partial charge in [-0.25, -0.2) is 0 Å². The van der Waals surface area contributed by atoms with Crippen molar-refractivity contribution in [2.45, 2.75) is 13.0 Å². The highest BCUT2D eigenvalue weighted by molar-refractivity contribution is 7.10. The Bertz CT molecular complexity index is 436. The number of hydrogen-bond acceptors (Lipinski definition) is 3. The van der Waals surface area contributed by atoms with Crippen molar-refractivity contribution in [3.8, 4) is 5.75 Å². The summed E-state index contributed by atoms with van der Waals surface area (Å²) in [5, 5.41) is 11.9. The number of ether oxygens (including phenoxy) is 1. The van der Waals surface area contributed by atoms with E-state index in [0.717, 1.165) is 16.2 Å². The molecule has 84 valence electrons. The molecule has 16 heavy (non-hydrogen) atoms. The van der Waals surface area contributed by atoms with Crippen LogP contribution >= 0.6 is 11.3 Å². The smallest absolute Gasteiger partial charge is 0.122 e. The third-order valence-electron chi connectivity index (χ3n) is 2.36. The number of para-hydroxylation sites is 1. The zero-order chi connectivity index (χ0) is 11.4. The molecule has 0 aliphatic heterocycles. The molecular formula is C13H14O2S. The van der Waals surface area contributed by atoms with Gasteiger partial charge in [-0.2, -0.15) is 0 Å². The molecule has 2 rings (SSSR count). The lowest BCUT2D eigenvalue weighted by Gasteiger charge is -2.11. The molecule has 1 heterocycles. The number of aliphatic hydroxyl groups is 1. The van der Waals surface area contributed by atoms with Crippen molar-refractivity contribution in [2.24, 2.45) is 0 Å². The second-order valence-corrected chi connectivity index (χ2v) is 4.56. The zero-order valence-corrected chi connectivity index (χ0v) is 9.91. The molecular weight excluding hydrogens is 220 g/mol. The minimum Gasteiger partial charge on any atom is -0.490 e. The van der Waals surface area contributed by atoms with E-state index in [0.29, 0.717) is 6.61 Å². The van der Waals surface area contributed by atoms with E-state index in [2.05, 4.69) is 0 Å². The van der Waals surface area contributed by atoms with Crippen molar-refractivity contribution < 1.29 is 9.84 Å². The van der Waals surface area contributed by atoms with Crippen molar-refractivity contribution in [1.29, 1.82) is 0 Å². The summed E-state index contributed by atoms with van der Waals surface area (Å²) in [5.41, 5.74) is 1.12. The normalized spacial score (nSPS) is 12.4. The lowest BCUT2D eigenvalue weighted by Crippen LogP contribution is -2.09. The van der Waals surface area contributed by atoms with Gasteiger partial charge in [-0.05, 0) is 36.1 Å². The maximum atomic E-state index is 9.94. The number of hydrogen-bond donors (Lipinski definition) is 1. The fourth-order valence-electron chi connectivity index (χ4n) is 1.49. The number of thiophene rings is 1. The fourth-order valence-corrected chi connectivity index (χ4v) is 2.39. The molecule has 2 nitrogen and oxygen atoms in total. The van der Waals surface area contributed by atoms with E-state index in [1.807, 2.05) is 48.7 Å². The van der Waals surface area contributed by atoms with Gasteiger partial charge in [-0.15, -0.1) is 11.3 Å². The average Bonchev–Trinajstić information content (AvgIpc) is 2.74. The van der Waals surface area contributed by atoms with Crippen molar-refractivity contribution in [3.05, 3.63) is 52.2 Å². The van der Waals surface area contributed by atoms with Gasteiger partial charge >= 0.3 is 0 Å². The zero-order valence-electron chi connectivity index (χ0n) is 9.09. The van der Waals surface area contributed by atoms with E-state index in [1.54, 1.807) is 11.3 Å². The Morgan fingerprint density at radius 2 is 2.00 bits per heavy atom. The topological polar surface area (TPSA) is 29.5 Å². The van der Waals surface area contributed by atoms with Crippen LogP contribution in [0.5, 0.6) is 5.75 Å². The van der Waals surface area contributed by atoms with Crippen molar-refractivity contribution in [3.63, 3.8) is 0 Å². The molecule has 1 aromatic heterocycles. The number of rotatable bonds is 4. The first-order valence-corrected chi connectivity index (χ1v) is 6.05. The van der Waals surface area contributed by atoms with Crippen LogP contribution in [-0.2, 0) is 0 Å². The van der Waals surface area contributed by atoms with Gasteiger partial charge in [0.15, 0.2) is 0 Å². The third-order valence-corrected chi connectivity index (χ3v) is 3.48. The van der Waals surface area contributed by atoms with Gasteiger partial charge in [0, 0.05) is 4.88 Å². The van der Waals surface area contributed by atoms with Gasteiger partial charge in [0.1, 0.15) is 18.5 Å². The molecule has 0 saturated heterocycles. The van der Waals surface area contributed by atoms with Gasteiger partial charge in [-0.3, -0.25) is 0 Å². The predicted octanol–water partition coefficient (Wildman–Crippen LogP) is 3.17. The maximum absolute atomic E-state index is 9.94. The van der Waals surface area contributed by atoms with Crippen molar-refractivity contribution in [2.75, 3.05) is 6.61 Å². The van der Waals surface area contributed by atoms with E-state index in [-0.39, 0.29) is 0 Å². The largest absolute Gasteiger partial charge is 0.490 e. The minimum absolute atomic E-state index is 0.297. The lowest BCUT2D eigenvalue weighted by atomic mass is 10.2. The molecule has 3 heteroatoms. The van der Waals surface area contributed by atoms with Gasteiger partial charge in [0.25, 0.3) is 0 Å². The molecule has 1 N–H and O–H groups in total. The van der Waals surface area contributed by atoms with E-state index < -0.39 is 6.10 Å². The molecule has 0 spiro atoms. The molecule has 0 saturated carbocycles. The van der Waals surface area contributed by atoms with E-state index in [4.69, 9.17) is 4.74 Å². The highest BCUT2D eigenvalue weighted by Crippen LogP contribution is 2.24. The highest BCUT2D eigenvalue weighted by Gasteiger charge is 2.12. The second-order valence-electron chi connectivity index (χ2n) is 3.61. The monoisotopic (exact) mass is 234 g/mol. The van der Waals surface area contributed by atoms with E-state index >= 15 is 0 Å². The summed E-state index contributed by atoms with van der Waals surface area (Å²) in [5.74, 6) is 0.788. The Balaban J connectivity index is 1.94. The van der Waals surface area contributed by atoms with E-state index in [1.165, 1.54) is 0 Å². The molecule has 1 atom stereocenters. The molecule has 0 aliphatic rings. The first-order valence-electron chi connectivity index (χ1n) is 5.17. The number of aliphatic hydroxyl groups excluding tert-OH is 1. The van der Waals surface area contributed by atoms with Gasteiger partial charge in [0.2, 0.25) is 0 Å². The van der Waals surface area contributed by atoms with Crippen LogP contribution in [0.2, 0.25) is 0 Å². The van der Waals surface area contributed by atoms with Crippen LogP contribution in [0, 0.1) is 6.92 Å². The highest BCUT2D eigenvalue weighted by atomic mass is 32.1. The molecule has 0 fully saturated rings. The quantitative estimate of drug-likeness (QED) is 0.880. The van der Waals surface area contributed by atoms with Crippen LogP contribution in [-0.4, -0.2) is 11.7 Å². The van der Waals surface area contributed by atoms with Crippen LogP contribution in [0.4, 0.5) is 0 Å². The Labute approximate surface area is 99.1 Å². The third kappa shape index (κ3) is 2.62. The summed E-state index contributed by atoms with van der Waals surface area (Å²) in [6, 6.07) is 11.5. The minimum atomic E-state index is -0.541. The maximum Gasteiger partial charge on any atom is 0.122 e. The van der Waals surface area contributed by atoms with Crippen LogP contribution < -0.4 is 4.74 Å².